The van der Waals surface area contributed by atoms with Crippen LogP contribution in [-0.2, 0) is 17.9 Å². The van der Waals surface area contributed by atoms with E-state index in [-0.39, 0.29) is 12.5 Å². The summed E-state index contributed by atoms with van der Waals surface area (Å²) in [5, 5.41) is 4.68. The molecule has 0 unspecified atom stereocenters. The Morgan fingerprint density at radius 1 is 1.06 bits per heavy atom. The highest BCUT2D eigenvalue weighted by Gasteiger charge is 2.19. The van der Waals surface area contributed by atoms with Gasteiger partial charge in [-0.15, -0.1) is 22.7 Å². The fourth-order valence-corrected chi connectivity index (χ4v) is 4.37. The van der Waals surface area contributed by atoms with Gasteiger partial charge in [-0.05, 0) is 30.0 Å². The Balaban J connectivity index is 1.66. The van der Waals surface area contributed by atoms with E-state index in [1.807, 2.05) is 46.0 Å². The summed E-state index contributed by atoms with van der Waals surface area (Å²) in [5.74, 6) is 1.75. The molecule has 3 rings (SSSR count). The monoisotopic (exact) mass is 462 g/mol. The first-order valence-electron chi connectivity index (χ1n) is 9.75. The van der Waals surface area contributed by atoms with Crippen molar-refractivity contribution in [1.82, 2.24) is 9.88 Å². The highest BCUT2D eigenvalue weighted by molar-refractivity contribution is 7.12. The minimum atomic E-state index is 0.00987. The number of thiophene rings is 1. The van der Waals surface area contributed by atoms with E-state index in [2.05, 4.69) is 4.98 Å². The number of hydrogen-bond donors (Lipinski definition) is 0. The summed E-state index contributed by atoms with van der Waals surface area (Å²) < 4.78 is 21.8. The summed E-state index contributed by atoms with van der Waals surface area (Å²) >= 11 is 2.94. The number of benzene rings is 1. The van der Waals surface area contributed by atoms with Crippen LogP contribution in [0.25, 0.3) is 0 Å². The van der Waals surface area contributed by atoms with Crippen molar-refractivity contribution >= 4 is 28.6 Å². The third-order valence-corrected chi connectivity index (χ3v) is 6.20. The molecule has 2 heterocycles. The maximum absolute atomic E-state index is 12.9. The summed E-state index contributed by atoms with van der Waals surface area (Å²) in [6.45, 7) is 1.93. The van der Waals surface area contributed by atoms with Crippen molar-refractivity contribution in [3.8, 4) is 17.2 Å². The smallest absolute Gasteiger partial charge is 0.264 e. The number of aromatic nitrogens is 1. The molecule has 0 bridgehead atoms. The number of thiazole rings is 1. The van der Waals surface area contributed by atoms with Gasteiger partial charge in [0.1, 0.15) is 11.6 Å². The average Bonchev–Trinajstić information content (AvgIpc) is 3.48. The lowest BCUT2D eigenvalue weighted by molar-refractivity contribution is 0.0726. The lowest BCUT2D eigenvalue weighted by Crippen LogP contribution is -2.31. The van der Waals surface area contributed by atoms with Gasteiger partial charge in [0.25, 0.3) is 5.91 Å². The van der Waals surface area contributed by atoms with Crippen LogP contribution < -0.4 is 14.2 Å². The van der Waals surface area contributed by atoms with E-state index in [1.54, 1.807) is 21.3 Å². The lowest BCUT2D eigenvalue weighted by atomic mass is 10.3. The van der Waals surface area contributed by atoms with Gasteiger partial charge in [0.05, 0.1) is 31.3 Å². The molecular formula is C22H26N2O5S2. The Kier molecular flexibility index (Phi) is 8.69. The first kappa shape index (κ1) is 23.1. The van der Waals surface area contributed by atoms with Gasteiger partial charge in [0.15, 0.2) is 11.5 Å². The van der Waals surface area contributed by atoms with Crippen LogP contribution >= 0.6 is 22.7 Å². The molecule has 0 aliphatic rings. The molecule has 0 N–H and O–H groups in total. The lowest BCUT2D eigenvalue weighted by Gasteiger charge is -2.21. The van der Waals surface area contributed by atoms with E-state index in [1.165, 1.54) is 22.7 Å². The van der Waals surface area contributed by atoms with Crippen LogP contribution in [0.1, 0.15) is 26.8 Å². The number of para-hydroxylation sites is 1. The minimum absolute atomic E-state index is 0.00987. The molecule has 0 fully saturated rings. The summed E-state index contributed by atoms with van der Waals surface area (Å²) in [4.78, 5) is 20.1. The summed E-state index contributed by atoms with van der Waals surface area (Å²) in [6, 6.07) is 9.21. The molecule has 7 nitrogen and oxygen atoms in total. The number of nitrogens with zero attached hydrogens (tertiary/aromatic N) is 2. The second-order valence-electron chi connectivity index (χ2n) is 6.56. The number of carbonyl (C=O) groups excluding carboxylic acids is 1. The predicted octanol–water partition coefficient (Wildman–Crippen LogP) is 4.48. The van der Waals surface area contributed by atoms with Gasteiger partial charge in [-0.2, -0.15) is 0 Å². The van der Waals surface area contributed by atoms with Gasteiger partial charge < -0.3 is 23.8 Å². The number of amides is 1. The molecule has 1 aromatic carbocycles. The molecule has 0 atom stereocenters. The first-order valence-corrected chi connectivity index (χ1v) is 11.5. The van der Waals surface area contributed by atoms with Crippen molar-refractivity contribution in [3.05, 3.63) is 56.7 Å². The van der Waals surface area contributed by atoms with Crippen LogP contribution in [-0.4, -0.2) is 50.3 Å². The number of methoxy groups -OCH3 is 3. The van der Waals surface area contributed by atoms with E-state index >= 15 is 0 Å². The van der Waals surface area contributed by atoms with Crippen molar-refractivity contribution in [2.75, 3.05) is 34.5 Å². The van der Waals surface area contributed by atoms with Crippen molar-refractivity contribution in [1.29, 1.82) is 0 Å². The van der Waals surface area contributed by atoms with E-state index in [9.17, 15) is 4.79 Å². The van der Waals surface area contributed by atoms with Gasteiger partial charge in [-0.1, -0.05) is 12.1 Å². The average molecular weight is 463 g/mol. The van der Waals surface area contributed by atoms with E-state index in [0.717, 1.165) is 22.0 Å². The predicted molar refractivity (Wildman–Crippen MR) is 122 cm³/mol. The number of carbonyl (C=O) groups is 1. The van der Waals surface area contributed by atoms with Crippen molar-refractivity contribution in [3.63, 3.8) is 0 Å². The van der Waals surface area contributed by atoms with Crippen LogP contribution in [0.2, 0.25) is 0 Å². The third kappa shape index (κ3) is 6.19. The Morgan fingerprint density at radius 2 is 1.84 bits per heavy atom. The van der Waals surface area contributed by atoms with Crippen LogP contribution in [0.5, 0.6) is 17.2 Å². The summed E-state index contributed by atoms with van der Waals surface area (Å²) in [6.07, 6.45) is 0.765. The van der Waals surface area contributed by atoms with Crippen molar-refractivity contribution < 1.29 is 23.7 Å². The molecule has 0 aliphatic heterocycles. The van der Waals surface area contributed by atoms with Gasteiger partial charge in [-0.3, -0.25) is 4.79 Å². The standard InChI is InChI=1S/C22H26N2O5S2/c1-26-11-6-10-24(22(25)19-9-5-12-30-19)13-16-15-31-20(23-16)14-29-21-17(27-2)7-4-8-18(21)28-3/h4-5,7-9,12,15H,6,10-11,13-14H2,1-3H3. The molecule has 3 aromatic rings. The zero-order valence-corrected chi connectivity index (χ0v) is 19.5. The highest BCUT2D eigenvalue weighted by Crippen LogP contribution is 2.37. The Morgan fingerprint density at radius 3 is 2.48 bits per heavy atom. The molecular weight excluding hydrogens is 436 g/mol. The largest absolute Gasteiger partial charge is 0.493 e. The van der Waals surface area contributed by atoms with E-state index in [4.69, 9.17) is 18.9 Å². The molecule has 0 saturated heterocycles. The van der Waals surface area contributed by atoms with Crippen LogP contribution in [0.4, 0.5) is 0 Å². The van der Waals surface area contributed by atoms with E-state index < -0.39 is 0 Å². The molecule has 0 saturated carbocycles. The molecule has 0 aliphatic carbocycles. The SMILES string of the molecule is COCCCN(Cc1csc(COc2c(OC)cccc2OC)n1)C(=O)c1cccs1. The molecule has 1 amide bonds. The van der Waals surface area contributed by atoms with Gasteiger partial charge in [0.2, 0.25) is 5.75 Å². The quantitative estimate of drug-likeness (QED) is 0.370. The number of rotatable bonds is 12. The zero-order chi connectivity index (χ0) is 22.1. The number of ether oxygens (including phenoxy) is 4. The fraction of sp³-hybridized carbons (Fsp3) is 0.364. The summed E-state index contributed by atoms with van der Waals surface area (Å²) in [5.41, 5.74) is 0.831. The summed E-state index contributed by atoms with van der Waals surface area (Å²) in [7, 11) is 4.84. The van der Waals surface area contributed by atoms with Crippen LogP contribution in [0.15, 0.2) is 41.1 Å². The van der Waals surface area contributed by atoms with Gasteiger partial charge >= 0.3 is 0 Å². The zero-order valence-electron chi connectivity index (χ0n) is 17.8. The Hall–Kier alpha value is -2.62. The molecule has 31 heavy (non-hydrogen) atoms. The Bertz CT molecular complexity index is 936. The molecule has 166 valence electrons. The van der Waals surface area contributed by atoms with Crippen molar-refractivity contribution in [2.45, 2.75) is 19.6 Å². The van der Waals surface area contributed by atoms with Gasteiger partial charge in [-0.25, -0.2) is 4.98 Å². The molecule has 2 aromatic heterocycles. The normalized spacial score (nSPS) is 10.7. The van der Waals surface area contributed by atoms with Gasteiger partial charge in [0, 0.05) is 25.6 Å². The second-order valence-corrected chi connectivity index (χ2v) is 8.45. The maximum Gasteiger partial charge on any atom is 0.264 e. The topological polar surface area (TPSA) is 70.1 Å². The number of hydrogen-bond acceptors (Lipinski definition) is 8. The van der Waals surface area contributed by atoms with E-state index in [0.29, 0.717) is 36.9 Å². The molecule has 9 heteroatoms. The highest BCUT2D eigenvalue weighted by atomic mass is 32.1. The van der Waals surface area contributed by atoms with Crippen LogP contribution in [0, 0.1) is 0 Å². The second kappa shape index (κ2) is 11.7. The fourth-order valence-electron chi connectivity index (χ4n) is 2.98. The maximum atomic E-state index is 12.9. The Labute approximate surface area is 190 Å². The first-order chi connectivity index (χ1) is 15.2. The van der Waals surface area contributed by atoms with Crippen LogP contribution in [0.3, 0.4) is 0 Å². The third-order valence-electron chi connectivity index (χ3n) is 4.47. The minimum Gasteiger partial charge on any atom is -0.493 e. The van der Waals surface area contributed by atoms with Crippen molar-refractivity contribution in [2.24, 2.45) is 0 Å². The molecule has 0 spiro atoms. The molecule has 0 radical (unpaired) electrons.